The number of hydrogen-bond acceptors (Lipinski definition) is 3. The number of nitrogen functional groups attached to an aromatic ring is 1. The number of benzene rings is 1. The molecule has 0 radical (unpaired) electrons. The largest absolute Gasteiger partial charge is 0.383 e. The first-order valence-electron chi connectivity index (χ1n) is 6.56. The lowest BCUT2D eigenvalue weighted by Crippen LogP contribution is -2.11. The molecule has 0 aliphatic rings. The first-order valence-corrected chi connectivity index (χ1v) is 6.56. The normalized spacial score (nSPS) is 10.8. The number of aromatic nitrogens is 2. The van der Waals surface area contributed by atoms with Crippen LogP contribution in [0.4, 0.5) is 5.82 Å². The van der Waals surface area contributed by atoms with Crippen LogP contribution in [0.5, 0.6) is 0 Å². The van der Waals surface area contributed by atoms with Crippen LogP contribution in [-0.4, -0.2) is 9.55 Å². The maximum atomic E-state index is 12.0. The lowest BCUT2D eigenvalue weighted by molar-refractivity contribution is 0.787. The third kappa shape index (κ3) is 1.95. The zero-order valence-electron chi connectivity index (χ0n) is 11.2. The zero-order chi connectivity index (χ0) is 14.1. The minimum absolute atomic E-state index is 0.0886. The predicted octanol–water partition coefficient (Wildman–Crippen LogP) is 2.67. The van der Waals surface area contributed by atoms with Gasteiger partial charge < -0.3 is 10.3 Å². The van der Waals surface area contributed by atoms with Gasteiger partial charge in [-0.3, -0.25) is 4.79 Å². The van der Waals surface area contributed by atoms with E-state index in [0.717, 1.165) is 23.3 Å². The van der Waals surface area contributed by atoms with E-state index in [0.29, 0.717) is 5.39 Å². The Morgan fingerprint density at radius 3 is 2.65 bits per heavy atom. The van der Waals surface area contributed by atoms with Gasteiger partial charge in [0.2, 0.25) is 0 Å². The summed E-state index contributed by atoms with van der Waals surface area (Å²) < 4.78 is 2.00. The number of hydrogen-bond donors (Lipinski definition) is 1. The van der Waals surface area contributed by atoms with Crippen LogP contribution < -0.4 is 11.2 Å². The van der Waals surface area contributed by atoms with Gasteiger partial charge in [0.1, 0.15) is 5.82 Å². The lowest BCUT2D eigenvalue weighted by atomic mass is 10.1. The maximum Gasteiger partial charge on any atom is 0.193 e. The van der Waals surface area contributed by atoms with Crippen LogP contribution in [0.15, 0.2) is 53.5 Å². The first kappa shape index (κ1) is 12.4. The van der Waals surface area contributed by atoms with Crippen LogP contribution >= 0.6 is 0 Å². The third-order valence-electron chi connectivity index (χ3n) is 3.40. The summed E-state index contributed by atoms with van der Waals surface area (Å²) in [5, 5.41) is 0.494. The van der Waals surface area contributed by atoms with Gasteiger partial charge in [-0.1, -0.05) is 30.3 Å². The second-order valence-electron chi connectivity index (χ2n) is 4.62. The molecule has 3 aromatic rings. The fourth-order valence-electron chi connectivity index (χ4n) is 2.38. The standard InChI is InChI=1S/C16H15N3O/c1-2-19-9-8-14(20)15-13(19)10-12(18-16(15)17)11-6-4-3-5-7-11/h3-10H,2H2,1H3,(H2,17,18). The quantitative estimate of drug-likeness (QED) is 0.775. The van der Waals surface area contributed by atoms with Crippen LogP contribution in [0.3, 0.4) is 0 Å². The summed E-state index contributed by atoms with van der Waals surface area (Å²) >= 11 is 0. The van der Waals surface area contributed by atoms with Crippen molar-refractivity contribution >= 4 is 16.7 Å². The van der Waals surface area contributed by atoms with Crippen LogP contribution in [0.25, 0.3) is 22.2 Å². The molecular formula is C16H15N3O. The van der Waals surface area contributed by atoms with E-state index in [4.69, 9.17) is 5.73 Å². The summed E-state index contributed by atoms with van der Waals surface area (Å²) in [4.78, 5) is 16.4. The molecule has 0 aliphatic heterocycles. The fourth-order valence-corrected chi connectivity index (χ4v) is 2.38. The minimum Gasteiger partial charge on any atom is -0.383 e. The van der Waals surface area contributed by atoms with Crippen molar-refractivity contribution in [1.29, 1.82) is 0 Å². The van der Waals surface area contributed by atoms with Gasteiger partial charge in [0.15, 0.2) is 5.43 Å². The third-order valence-corrected chi connectivity index (χ3v) is 3.40. The molecule has 2 aromatic heterocycles. The van der Waals surface area contributed by atoms with E-state index in [9.17, 15) is 4.79 Å². The molecule has 0 unspecified atom stereocenters. The summed E-state index contributed by atoms with van der Waals surface area (Å²) in [6.07, 6.45) is 1.79. The van der Waals surface area contributed by atoms with Crippen LogP contribution in [-0.2, 0) is 6.54 Å². The lowest BCUT2D eigenvalue weighted by Gasteiger charge is -2.11. The van der Waals surface area contributed by atoms with E-state index in [-0.39, 0.29) is 11.2 Å². The van der Waals surface area contributed by atoms with Gasteiger partial charge in [0, 0.05) is 24.4 Å². The zero-order valence-corrected chi connectivity index (χ0v) is 11.2. The number of pyridine rings is 2. The number of nitrogens with two attached hydrogens (primary N) is 1. The summed E-state index contributed by atoms with van der Waals surface area (Å²) in [7, 11) is 0. The van der Waals surface area contributed by atoms with Gasteiger partial charge in [-0.2, -0.15) is 0 Å². The van der Waals surface area contributed by atoms with Crippen molar-refractivity contribution < 1.29 is 0 Å². The average molecular weight is 265 g/mol. The van der Waals surface area contributed by atoms with E-state index in [1.807, 2.05) is 47.9 Å². The predicted molar refractivity (Wildman–Crippen MR) is 81.5 cm³/mol. The van der Waals surface area contributed by atoms with Gasteiger partial charge >= 0.3 is 0 Å². The number of rotatable bonds is 2. The van der Waals surface area contributed by atoms with Crippen molar-refractivity contribution in [2.24, 2.45) is 0 Å². The molecule has 4 heteroatoms. The maximum absolute atomic E-state index is 12.0. The molecule has 2 N–H and O–H groups in total. The Hall–Kier alpha value is -2.62. The first-order chi connectivity index (χ1) is 9.70. The van der Waals surface area contributed by atoms with E-state index in [1.165, 1.54) is 6.07 Å². The molecule has 0 spiro atoms. The Bertz CT molecular complexity index is 822. The van der Waals surface area contributed by atoms with Crippen LogP contribution in [0.1, 0.15) is 6.92 Å². The topological polar surface area (TPSA) is 60.9 Å². The Kier molecular flexibility index (Phi) is 2.99. The van der Waals surface area contributed by atoms with E-state index in [1.54, 1.807) is 6.20 Å². The Morgan fingerprint density at radius 1 is 1.20 bits per heavy atom. The molecule has 0 saturated heterocycles. The molecule has 0 fully saturated rings. The van der Waals surface area contributed by atoms with E-state index < -0.39 is 0 Å². The number of nitrogens with zero attached hydrogens (tertiary/aromatic N) is 2. The van der Waals surface area contributed by atoms with Gasteiger partial charge in [-0.25, -0.2) is 4.98 Å². The van der Waals surface area contributed by atoms with Crippen molar-refractivity contribution in [3.8, 4) is 11.3 Å². The number of aryl methyl sites for hydroxylation is 1. The molecule has 0 saturated carbocycles. The van der Waals surface area contributed by atoms with E-state index in [2.05, 4.69) is 4.98 Å². The molecule has 2 heterocycles. The highest BCUT2D eigenvalue weighted by Gasteiger charge is 2.10. The molecule has 1 aromatic carbocycles. The van der Waals surface area contributed by atoms with Gasteiger partial charge in [-0.15, -0.1) is 0 Å². The van der Waals surface area contributed by atoms with Crippen LogP contribution in [0.2, 0.25) is 0 Å². The molecule has 0 aliphatic carbocycles. The molecule has 4 nitrogen and oxygen atoms in total. The van der Waals surface area contributed by atoms with Gasteiger partial charge in [0.25, 0.3) is 0 Å². The minimum atomic E-state index is -0.0886. The Morgan fingerprint density at radius 2 is 1.95 bits per heavy atom. The highest BCUT2D eigenvalue weighted by molar-refractivity contribution is 5.91. The van der Waals surface area contributed by atoms with Crippen molar-refractivity contribution in [2.75, 3.05) is 5.73 Å². The van der Waals surface area contributed by atoms with Crippen molar-refractivity contribution in [3.05, 3.63) is 58.9 Å². The summed E-state index contributed by atoms with van der Waals surface area (Å²) in [6, 6.07) is 13.3. The fraction of sp³-hybridized carbons (Fsp3) is 0.125. The molecule has 20 heavy (non-hydrogen) atoms. The van der Waals surface area contributed by atoms with E-state index >= 15 is 0 Å². The smallest absolute Gasteiger partial charge is 0.193 e. The second kappa shape index (κ2) is 4.81. The highest BCUT2D eigenvalue weighted by atomic mass is 16.1. The van der Waals surface area contributed by atoms with Gasteiger partial charge in [-0.05, 0) is 13.0 Å². The Labute approximate surface area is 116 Å². The second-order valence-corrected chi connectivity index (χ2v) is 4.62. The van der Waals surface area contributed by atoms with Crippen LogP contribution in [0, 0.1) is 0 Å². The molecule has 100 valence electrons. The average Bonchev–Trinajstić information content (AvgIpc) is 2.48. The van der Waals surface area contributed by atoms with Crippen molar-refractivity contribution in [3.63, 3.8) is 0 Å². The highest BCUT2D eigenvalue weighted by Crippen LogP contribution is 2.24. The summed E-state index contributed by atoms with van der Waals surface area (Å²) in [6.45, 7) is 2.80. The van der Waals surface area contributed by atoms with Crippen molar-refractivity contribution in [1.82, 2.24) is 9.55 Å². The number of fused-ring (bicyclic) bond motifs is 1. The molecule has 0 amide bonds. The number of anilines is 1. The summed E-state index contributed by atoms with van der Waals surface area (Å²) in [5.41, 5.74) is 8.50. The molecule has 0 bridgehead atoms. The Balaban J connectivity index is 2.36. The summed E-state index contributed by atoms with van der Waals surface area (Å²) in [5.74, 6) is 0.286. The van der Waals surface area contributed by atoms with Crippen molar-refractivity contribution in [2.45, 2.75) is 13.5 Å². The molecule has 3 rings (SSSR count). The monoisotopic (exact) mass is 265 g/mol. The molecule has 0 atom stereocenters. The SMILES string of the molecule is CCn1ccc(=O)c2c(N)nc(-c3ccccc3)cc21. The molecular weight excluding hydrogens is 250 g/mol. The van der Waals surface area contributed by atoms with Gasteiger partial charge in [0.05, 0.1) is 16.6 Å².